The van der Waals surface area contributed by atoms with Crippen LogP contribution >= 0.6 is 23.1 Å². The molecule has 0 N–H and O–H groups in total. The van der Waals surface area contributed by atoms with Gasteiger partial charge in [0.15, 0.2) is 0 Å². The summed E-state index contributed by atoms with van der Waals surface area (Å²) in [4.78, 5) is 0. The molecule has 0 fully saturated rings. The Morgan fingerprint density at radius 1 is 0.800 bits per heavy atom. The summed E-state index contributed by atoms with van der Waals surface area (Å²) in [6.07, 6.45) is 14.0. The number of methoxy groups -OCH3 is 3. The number of rotatable bonds is 17. The first kappa shape index (κ1) is 23.0. The summed E-state index contributed by atoms with van der Waals surface area (Å²) in [5, 5.41) is 2.16. The highest BCUT2D eigenvalue weighted by Gasteiger charge is 2.28. The Morgan fingerprint density at radius 2 is 1.32 bits per heavy atom. The van der Waals surface area contributed by atoms with Crippen molar-refractivity contribution < 1.29 is 14.2 Å². The lowest BCUT2D eigenvalue weighted by atomic mass is 10.1. The number of thioether (sulfide) groups is 1. The Kier molecular flexibility index (Phi) is 13.8. The third-order valence-corrected chi connectivity index (χ3v) is 6.77. The lowest BCUT2D eigenvalue weighted by Crippen LogP contribution is -2.35. The molecule has 1 aromatic rings. The SMILES string of the molecule is COC(CCCCCCCCCCCCSc1cccs1)(OC)OC. The van der Waals surface area contributed by atoms with Crippen molar-refractivity contribution in [2.45, 2.75) is 80.8 Å². The van der Waals surface area contributed by atoms with Gasteiger partial charge in [-0.15, -0.1) is 23.1 Å². The van der Waals surface area contributed by atoms with Gasteiger partial charge >= 0.3 is 0 Å². The molecule has 3 nitrogen and oxygen atoms in total. The van der Waals surface area contributed by atoms with Gasteiger partial charge in [0.25, 0.3) is 5.97 Å². The van der Waals surface area contributed by atoms with Gasteiger partial charge in [0.1, 0.15) is 0 Å². The maximum absolute atomic E-state index is 5.31. The summed E-state index contributed by atoms with van der Waals surface area (Å²) in [6.45, 7) is 0. The molecule has 0 saturated carbocycles. The topological polar surface area (TPSA) is 27.7 Å². The smallest absolute Gasteiger partial charge is 0.282 e. The lowest BCUT2D eigenvalue weighted by molar-refractivity contribution is -0.355. The highest BCUT2D eigenvalue weighted by atomic mass is 32.2. The second-order valence-corrected chi connectivity index (χ2v) is 8.70. The molecular formula is C20H36O3S2. The normalized spacial score (nSPS) is 12.0. The fourth-order valence-electron chi connectivity index (χ4n) is 2.93. The van der Waals surface area contributed by atoms with E-state index in [-0.39, 0.29) is 0 Å². The molecule has 1 rings (SSSR count). The number of thiophene rings is 1. The second-order valence-electron chi connectivity index (χ2n) is 6.36. The maximum Gasteiger partial charge on any atom is 0.282 e. The molecule has 25 heavy (non-hydrogen) atoms. The molecule has 0 bridgehead atoms. The molecule has 0 aliphatic heterocycles. The molecule has 1 aromatic heterocycles. The number of unbranched alkanes of at least 4 members (excludes halogenated alkanes) is 9. The van der Waals surface area contributed by atoms with Gasteiger partial charge in [-0.05, 0) is 30.0 Å². The van der Waals surface area contributed by atoms with Crippen LogP contribution in [-0.4, -0.2) is 33.1 Å². The third-order valence-electron chi connectivity index (χ3n) is 4.55. The Hall–Kier alpha value is -0.0700. The van der Waals surface area contributed by atoms with Gasteiger partial charge in [0.2, 0.25) is 0 Å². The van der Waals surface area contributed by atoms with Gasteiger partial charge in [-0.25, -0.2) is 0 Å². The van der Waals surface area contributed by atoms with E-state index in [4.69, 9.17) is 14.2 Å². The van der Waals surface area contributed by atoms with Crippen molar-refractivity contribution in [2.75, 3.05) is 27.1 Å². The average Bonchev–Trinajstić information content (AvgIpc) is 3.16. The standard InChI is InChI=1S/C20H36O3S2/c1-21-20(22-2,23-3)16-12-10-8-6-4-5-7-9-11-13-17-24-19-15-14-18-25-19/h14-15,18H,4-13,16-17H2,1-3H3. The third kappa shape index (κ3) is 10.6. The molecule has 0 spiro atoms. The van der Waals surface area contributed by atoms with E-state index in [1.807, 2.05) is 23.1 Å². The molecule has 0 aromatic carbocycles. The minimum atomic E-state index is -0.845. The Labute approximate surface area is 162 Å². The summed E-state index contributed by atoms with van der Waals surface area (Å²) >= 11 is 3.86. The summed E-state index contributed by atoms with van der Waals surface area (Å²) in [5.41, 5.74) is 0. The molecule has 0 aliphatic carbocycles. The number of hydrogen-bond donors (Lipinski definition) is 0. The van der Waals surface area contributed by atoms with Gasteiger partial charge in [-0.1, -0.05) is 57.4 Å². The zero-order valence-corrected chi connectivity index (χ0v) is 17.9. The van der Waals surface area contributed by atoms with Crippen molar-refractivity contribution in [1.82, 2.24) is 0 Å². The van der Waals surface area contributed by atoms with Crippen LogP contribution in [0.3, 0.4) is 0 Å². The van der Waals surface area contributed by atoms with E-state index in [2.05, 4.69) is 17.5 Å². The van der Waals surface area contributed by atoms with E-state index < -0.39 is 5.97 Å². The van der Waals surface area contributed by atoms with Crippen molar-refractivity contribution in [3.8, 4) is 0 Å². The van der Waals surface area contributed by atoms with Crippen molar-refractivity contribution in [3.63, 3.8) is 0 Å². The van der Waals surface area contributed by atoms with Crippen LogP contribution in [0, 0.1) is 0 Å². The van der Waals surface area contributed by atoms with E-state index >= 15 is 0 Å². The molecular weight excluding hydrogens is 352 g/mol. The fourth-order valence-corrected chi connectivity index (χ4v) is 4.79. The predicted molar refractivity (Wildman–Crippen MR) is 110 cm³/mol. The highest BCUT2D eigenvalue weighted by molar-refractivity contribution is 8.01. The van der Waals surface area contributed by atoms with E-state index in [0.717, 1.165) is 12.8 Å². The second kappa shape index (κ2) is 15.0. The van der Waals surface area contributed by atoms with Gasteiger partial charge in [0.05, 0.1) is 4.21 Å². The van der Waals surface area contributed by atoms with Crippen molar-refractivity contribution in [3.05, 3.63) is 17.5 Å². The molecule has 0 radical (unpaired) electrons. The van der Waals surface area contributed by atoms with E-state index in [9.17, 15) is 0 Å². The molecule has 0 atom stereocenters. The summed E-state index contributed by atoms with van der Waals surface area (Å²) in [5.74, 6) is 0.425. The van der Waals surface area contributed by atoms with Gasteiger partial charge < -0.3 is 14.2 Å². The summed E-state index contributed by atoms with van der Waals surface area (Å²) in [7, 11) is 4.90. The molecule has 0 saturated heterocycles. The van der Waals surface area contributed by atoms with Gasteiger partial charge in [-0.2, -0.15) is 0 Å². The van der Waals surface area contributed by atoms with Crippen LogP contribution < -0.4 is 0 Å². The van der Waals surface area contributed by atoms with Crippen LogP contribution in [0.25, 0.3) is 0 Å². The molecule has 1 heterocycles. The molecule has 0 aliphatic rings. The van der Waals surface area contributed by atoms with Crippen LogP contribution in [0.4, 0.5) is 0 Å². The number of ether oxygens (including phenoxy) is 3. The molecule has 146 valence electrons. The quantitative estimate of drug-likeness (QED) is 0.168. The van der Waals surface area contributed by atoms with Crippen LogP contribution in [0.15, 0.2) is 21.7 Å². The van der Waals surface area contributed by atoms with Crippen LogP contribution in [0.5, 0.6) is 0 Å². The van der Waals surface area contributed by atoms with Crippen molar-refractivity contribution >= 4 is 23.1 Å². The van der Waals surface area contributed by atoms with Crippen molar-refractivity contribution in [2.24, 2.45) is 0 Å². The first-order valence-corrected chi connectivity index (χ1v) is 11.4. The minimum absolute atomic E-state index is 0.792. The van der Waals surface area contributed by atoms with E-state index in [1.54, 1.807) is 21.3 Å². The fraction of sp³-hybridized carbons (Fsp3) is 0.800. The first-order chi connectivity index (χ1) is 12.3. The zero-order chi connectivity index (χ0) is 18.2. The highest BCUT2D eigenvalue weighted by Crippen LogP contribution is 2.25. The predicted octanol–water partition coefficient (Wildman–Crippen LogP) is 6.72. The Balaban J connectivity index is 1.81. The minimum Gasteiger partial charge on any atom is -0.331 e. The van der Waals surface area contributed by atoms with E-state index in [1.165, 1.54) is 67.7 Å². The van der Waals surface area contributed by atoms with Crippen LogP contribution in [0.1, 0.15) is 70.6 Å². The maximum atomic E-state index is 5.31. The Morgan fingerprint density at radius 3 is 1.80 bits per heavy atom. The Bertz CT molecular complexity index is 383. The van der Waals surface area contributed by atoms with E-state index in [0.29, 0.717) is 0 Å². The zero-order valence-electron chi connectivity index (χ0n) is 16.3. The van der Waals surface area contributed by atoms with Gasteiger partial charge in [-0.3, -0.25) is 0 Å². The lowest BCUT2D eigenvalue weighted by Gasteiger charge is -2.28. The van der Waals surface area contributed by atoms with Gasteiger partial charge in [0, 0.05) is 27.8 Å². The van der Waals surface area contributed by atoms with Crippen LogP contribution in [-0.2, 0) is 14.2 Å². The summed E-state index contributed by atoms with van der Waals surface area (Å²) < 4.78 is 17.4. The molecule has 5 heteroatoms. The van der Waals surface area contributed by atoms with Crippen molar-refractivity contribution in [1.29, 1.82) is 0 Å². The molecule has 0 amide bonds. The van der Waals surface area contributed by atoms with Crippen LogP contribution in [0.2, 0.25) is 0 Å². The number of hydrogen-bond acceptors (Lipinski definition) is 5. The average molecular weight is 389 g/mol. The largest absolute Gasteiger partial charge is 0.331 e. The monoisotopic (exact) mass is 388 g/mol. The molecule has 0 unspecified atom stereocenters. The first-order valence-electron chi connectivity index (χ1n) is 9.58. The summed E-state index contributed by atoms with van der Waals surface area (Å²) in [6, 6.07) is 4.35.